The van der Waals surface area contributed by atoms with Crippen molar-refractivity contribution in [2.45, 2.75) is 25.7 Å². The number of hydrogen-bond acceptors (Lipinski definition) is 2. The van der Waals surface area contributed by atoms with E-state index in [1.165, 1.54) is 5.56 Å². The average Bonchev–Trinajstić information content (AvgIpc) is 2.58. The minimum Gasteiger partial charge on any atom is -0.497 e. The van der Waals surface area contributed by atoms with Gasteiger partial charge in [0.15, 0.2) is 0 Å². The number of amides is 1. The Morgan fingerprint density at radius 2 is 1.77 bits per heavy atom. The van der Waals surface area contributed by atoms with Gasteiger partial charge in [0.2, 0.25) is 5.91 Å². The Hall–Kier alpha value is -2.29. The summed E-state index contributed by atoms with van der Waals surface area (Å²) in [5.41, 5.74) is 2.44. The van der Waals surface area contributed by atoms with Crippen molar-refractivity contribution < 1.29 is 9.53 Å². The van der Waals surface area contributed by atoms with E-state index in [9.17, 15) is 4.79 Å². The van der Waals surface area contributed by atoms with Crippen molar-refractivity contribution >= 4 is 5.91 Å². The van der Waals surface area contributed by atoms with E-state index in [0.717, 1.165) is 37.1 Å². The van der Waals surface area contributed by atoms with E-state index in [1.54, 1.807) is 7.11 Å². The fourth-order valence-electron chi connectivity index (χ4n) is 2.34. The first-order valence-corrected chi connectivity index (χ1v) is 7.71. The summed E-state index contributed by atoms with van der Waals surface area (Å²) in [4.78, 5) is 11.8. The van der Waals surface area contributed by atoms with Crippen LogP contribution in [-0.4, -0.2) is 19.6 Å². The monoisotopic (exact) mass is 297 g/mol. The minimum atomic E-state index is 0.107. The van der Waals surface area contributed by atoms with Crippen molar-refractivity contribution in [2.75, 3.05) is 13.7 Å². The van der Waals surface area contributed by atoms with Gasteiger partial charge in [-0.05, 0) is 42.5 Å². The molecular formula is C19H23NO2. The fraction of sp³-hybridized carbons (Fsp3) is 0.316. The Balaban J connectivity index is 1.63. The molecule has 1 N–H and O–H groups in total. The number of ether oxygens (including phenoxy) is 1. The van der Waals surface area contributed by atoms with Crippen molar-refractivity contribution in [3.05, 3.63) is 65.7 Å². The average molecular weight is 297 g/mol. The highest BCUT2D eigenvalue weighted by Crippen LogP contribution is 2.13. The Bertz CT molecular complexity index is 581. The molecule has 1 amide bonds. The maximum atomic E-state index is 11.8. The Kier molecular flexibility index (Phi) is 6.49. The molecule has 0 heterocycles. The second-order valence-corrected chi connectivity index (χ2v) is 5.29. The van der Waals surface area contributed by atoms with Crippen molar-refractivity contribution in [1.82, 2.24) is 5.32 Å². The second-order valence-electron chi connectivity index (χ2n) is 5.29. The van der Waals surface area contributed by atoms with Crippen LogP contribution in [0.15, 0.2) is 54.6 Å². The number of carbonyl (C=O) groups excluding carboxylic acids is 1. The third-order valence-electron chi connectivity index (χ3n) is 3.58. The minimum absolute atomic E-state index is 0.107. The zero-order valence-electron chi connectivity index (χ0n) is 13.0. The molecule has 0 fully saturated rings. The van der Waals surface area contributed by atoms with Gasteiger partial charge in [-0.3, -0.25) is 4.79 Å². The summed E-state index contributed by atoms with van der Waals surface area (Å²) in [6.45, 7) is 0.728. The Labute approximate surface area is 132 Å². The number of benzene rings is 2. The molecule has 0 unspecified atom stereocenters. The summed E-state index contributed by atoms with van der Waals surface area (Å²) in [6.07, 6.45) is 3.21. The lowest BCUT2D eigenvalue weighted by molar-refractivity contribution is -0.121. The maximum Gasteiger partial charge on any atom is 0.220 e. The van der Waals surface area contributed by atoms with Gasteiger partial charge in [-0.2, -0.15) is 0 Å². The third kappa shape index (κ3) is 5.60. The number of methoxy groups -OCH3 is 1. The molecule has 0 radical (unpaired) electrons. The van der Waals surface area contributed by atoms with E-state index >= 15 is 0 Å². The molecule has 0 bridgehead atoms. The first-order chi connectivity index (χ1) is 10.8. The van der Waals surface area contributed by atoms with Crippen LogP contribution in [0.25, 0.3) is 0 Å². The molecule has 22 heavy (non-hydrogen) atoms. The highest BCUT2D eigenvalue weighted by Gasteiger charge is 2.03. The maximum absolute atomic E-state index is 11.8. The summed E-state index contributed by atoms with van der Waals surface area (Å²) in [5, 5.41) is 2.98. The van der Waals surface area contributed by atoms with Crippen molar-refractivity contribution in [2.24, 2.45) is 0 Å². The van der Waals surface area contributed by atoms with Gasteiger partial charge in [-0.15, -0.1) is 0 Å². The van der Waals surface area contributed by atoms with Crippen LogP contribution in [0, 0.1) is 0 Å². The number of aryl methyl sites for hydroxylation is 2. The topological polar surface area (TPSA) is 38.3 Å². The van der Waals surface area contributed by atoms with Gasteiger partial charge < -0.3 is 10.1 Å². The lowest BCUT2D eigenvalue weighted by Crippen LogP contribution is -2.24. The van der Waals surface area contributed by atoms with E-state index in [1.807, 2.05) is 42.5 Å². The van der Waals surface area contributed by atoms with Gasteiger partial charge in [0.05, 0.1) is 7.11 Å². The normalized spacial score (nSPS) is 10.2. The molecule has 0 aliphatic rings. The lowest BCUT2D eigenvalue weighted by atomic mass is 10.1. The number of rotatable bonds is 8. The van der Waals surface area contributed by atoms with Crippen LogP contribution in [0.2, 0.25) is 0 Å². The van der Waals surface area contributed by atoms with Crippen LogP contribution >= 0.6 is 0 Å². The van der Waals surface area contributed by atoms with E-state index < -0.39 is 0 Å². The molecule has 0 aliphatic heterocycles. The number of nitrogens with one attached hydrogen (secondary N) is 1. The number of carbonyl (C=O) groups is 1. The van der Waals surface area contributed by atoms with E-state index in [2.05, 4.69) is 17.4 Å². The van der Waals surface area contributed by atoms with Crippen LogP contribution in [0.3, 0.4) is 0 Å². The van der Waals surface area contributed by atoms with Gasteiger partial charge in [0.1, 0.15) is 5.75 Å². The first kappa shape index (κ1) is 16.1. The van der Waals surface area contributed by atoms with E-state index in [4.69, 9.17) is 4.74 Å². The predicted octanol–water partition coefficient (Wildman–Crippen LogP) is 3.38. The molecule has 3 heteroatoms. The standard InChI is InChI=1S/C19H23NO2/c1-22-18-11-5-9-17(15-18)12-13-19(21)20-14-6-10-16-7-3-2-4-8-16/h2-5,7-9,11,15H,6,10,12-14H2,1H3,(H,20,21). The van der Waals surface area contributed by atoms with E-state index in [0.29, 0.717) is 6.42 Å². The van der Waals surface area contributed by atoms with Crippen LogP contribution in [-0.2, 0) is 17.6 Å². The van der Waals surface area contributed by atoms with E-state index in [-0.39, 0.29) is 5.91 Å². The molecule has 3 nitrogen and oxygen atoms in total. The zero-order valence-corrected chi connectivity index (χ0v) is 13.0. The van der Waals surface area contributed by atoms with Crippen LogP contribution in [0.1, 0.15) is 24.0 Å². The molecule has 2 rings (SSSR count). The Morgan fingerprint density at radius 1 is 1.00 bits per heavy atom. The van der Waals surface area contributed by atoms with Gasteiger partial charge in [0, 0.05) is 13.0 Å². The molecule has 0 atom stereocenters. The van der Waals surface area contributed by atoms with Crippen molar-refractivity contribution in [1.29, 1.82) is 0 Å². The van der Waals surface area contributed by atoms with Gasteiger partial charge in [-0.25, -0.2) is 0 Å². The van der Waals surface area contributed by atoms with Crippen LogP contribution < -0.4 is 10.1 Å². The predicted molar refractivity (Wildman–Crippen MR) is 89.1 cm³/mol. The van der Waals surface area contributed by atoms with Gasteiger partial charge >= 0.3 is 0 Å². The lowest BCUT2D eigenvalue weighted by Gasteiger charge is -2.06. The third-order valence-corrected chi connectivity index (χ3v) is 3.58. The van der Waals surface area contributed by atoms with Gasteiger partial charge in [0.25, 0.3) is 0 Å². The fourth-order valence-corrected chi connectivity index (χ4v) is 2.34. The Morgan fingerprint density at radius 3 is 2.55 bits per heavy atom. The smallest absolute Gasteiger partial charge is 0.220 e. The molecule has 0 aliphatic carbocycles. The summed E-state index contributed by atoms with van der Waals surface area (Å²) >= 11 is 0. The molecule has 116 valence electrons. The highest BCUT2D eigenvalue weighted by atomic mass is 16.5. The first-order valence-electron chi connectivity index (χ1n) is 7.71. The molecule has 0 saturated heterocycles. The SMILES string of the molecule is COc1cccc(CCC(=O)NCCCc2ccccc2)c1. The van der Waals surface area contributed by atoms with Gasteiger partial charge in [-0.1, -0.05) is 42.5 Å². The van der Waals surface area contributed by atoms with Crippen molar-refractivity contribution in [3.63, 3.8) is 0 Å². The molecule has 0 spiro atoms. The summed E-state index contributed by atoms with van der Waals surface area (Å²) in [5.74, 6) is 0.941. The molecule has 2 aromatic carbocycles. The largest absolute Gasteiger partial charge is 0.497 e. The highest BCUT2D eigenvalue weighted by molar-refractivity contribution is 5.76. The van der Waals surface area contributed by atoms with Crippen LogP contribution in [0.5, 0.6) is 5.75 Å². The van der Waals surface area contributed by atoms with Crippen LogP contribution in [0.4, 0.5) is 0 Å². The molecule has 0 aromatic heterocycles. The zero-order chi connectivity index (χ0) is 15.6. The van der Waals surface area contributed by atoms with Crippen molar-refractivity contribution in [3.8, 4) is 5.75 Å². The second kappa shape index (κ2) is 8.88. The summed E-state index contributed by atoms with van der Waals surface area (Å²) in [7, 11) is 1.65. The molecule has 0 saturated carbocycles. The summed E-state index contributed by atoms with van der Waals surface area (Å²) in [6, 6.07) is 18.2. The molecular weight excluding hydrogens is 274 g/mol. The number of hydrogen-bond donors (Lipinski definition) is 1. The quantitative estimate of drug-likeness (QED) is 0.759. The summed E-state index contributed by atoms with van der Waals surface area (Å²) < 4.78 is 5.18. The molecule has 2 aromatic rings.